The van der Waals surface area contributed by atoms with Gasteiger partial charge in [0, 0.05) is 4.47 Å². The van der Waals surface area contributed by atoms with Crippen molar-refractivity contribution in [1.82, 2.24) is 5.16 Å². The number of nitrogens with zero attached hydrogens (tertiary/aromatic N) is 1. The van der Waals surface area contributed by atoms with Crippen molar-refractivity contribution in [2.24, 2.45) is 0 Å². The summed E-state index contributed by atoms with van der Waals surface area (Å²) in [5.41, 5.74) is -0.217. The second-order valence-corrected chi connectivity index (χ2v) is 5.14. The van der Waals surface area contributed by atoms with Crippen molar-refractivity contribution in [3.63, 3.8) is 0 Å². The number of benzene rings is 2. The Bertz CT molecular complexity index is 828. The Hall–Kier alpha value is -2.28. The minimum absolute atomic E-state index is 0.0963. The largest absolute Gasteiger partial charge is 0.354 e. The van der Waals surface area contributed by atoms with E-state index in [1.165, 1.54) is 6.07 Å². The van der Waals surface area contributed by atoms with E-state index in [9.17, 15) is 13.6 Å². The number of hydrogen-bond donors (Lipinski definition) is 1. The van der Waals surface area contributed by atoms with Gasteiger partial charge in [-0.15, -0.1) is 0 Å². The molecule has 0 aliphatic carbocycles. The highest BCUT2D eigenvalue weighted by molar-refractivity contribution is 9.10. The Morgan fingerprint density at radius 1 is 1.19 bits per heavy atom. The lowest BCUT2D eigenvalue weighted by Crippen LogP contribution is -2.16. The molecule has 3 aromatic rings. The number of hydrogen-bond acceptors (Lipinski definition) is 3. The van der Waals surface area contributed by atoms with E-state index in [2.05, 4.69) is 26.4 Å². The van der Waals surface area contributed by atoms with Crippen LogP contribution in [0, 0.1) is 11.6 Å². The van der Waals surface area contributed by atoms with Crippen molar-refractivity contribution in [3.8, 4) is 0 Å². The highest BCUT2D eigenvalue weighted by Gasteiger charge is 2.19. The third-order valence-corrected chi connectivity index (χ3v) is 3.35. The molecule has 4 nitrogen and oxygen atoms in total. The fourth-order valence-electron chi connectivity index (χ4n) is 1.89. The van der Waals surface area contributed by atoms with Crippen LogP contribution in [0.4, 0.5) is 14.6 Å². The van der Waals surface area contributed by atoms with Crippen LogP contribution in [0.5, 0.6) is 0 Å². The van der Waals surface area contributed by atoms with E-state index >= 15 is 0 Å². The van der Waals surface area contributed by atoms with Crippen LogP contribution in [0.25, 0.3) is 11.0 Å². The molecule has 0 spiro atoms. The number of carbonyl (C=O) groups excluding carboxylic acids is 1. The lowest BCUT2D eigenvalue weighted by Gasteiger charge is -2.04. The molecule has 1 amide bonds. The molecule has 0 unspecified atom stereocenters. The zero-order valence-corrected chi connectivity index (χ0v) is 11.9. The SMILES string of the molecule is O=C(Nc1noc2ccc(Br)cc12)c1c(F)cccc1F. The van der Waals surface area contributed by atoms with Gasteiger partial charge in [0.25, 0.3) is 5.91 Å². The number of halogens is 3. The van der Waals surface area contributed by atoms with E-state index < -0.39 is 23.1 Å². The van der Waals surface area contributed by atoms with Crippen LogP contribution in [-0.4, -0.2) is 11.1 Å². The molecule has 0 aliphatic heterocycles. The number of nitrogens with one attached hydrogen (secondary N) is 1. The monoisotopic (exact) mass is 352 g/mol. The molecule has 0 bridgehead atoms. The average Bonchev–Trinajstić information content (AvgIpc) is 2.81. The molecule has 0 atom stereocenters. The quantitative estimate of drug-likeness (QED) is 0.754. The van der Waals surface area contributed by atoms with Gasteiger partial charge in [0.05, 0.1) is 5.39 Å². The topological polar surface area (TPSA) is 55.1 Å². The molecule has 2 aromatic carbocycles. The van der Waals surface area contributed by atoms with E-state index in [0.29, 0.717) is 11.0 Å². The first kappa shape index (κ1) is 13.7. The number of rotatable bonds is 2. The summed E-state index contributed by atoms with van der Waals surface area (Å²) in [5, 5.41) is 6.56. The maximum atomic E-state index is 13.6. The molecule has 1 N–H and O–H groups in total. The smallest absolute Gasteiger partial charge is 0.262 e. The van der Waals surface area contributed by atoms with Gasteiger partial charge in [-0.25, -0.2) is 8.78 Å². The van der Waals surface area contributed by atoms with Gasteiger partial charge >= 0.3 is 0 Å². The minimum Gasteiger partial charge on any atom is -0.354 e. The second kappa shape index (κ2) is 5.25. The van der Waals surface area contributed by atoms with E-state index in [0.717, 1.165) is 16.6 Å². The van der Waals surface area contributed by atoms with Crippen LogP contribution in [0.3, 0.4) is 0 Å². The number of anilines is 1. The number of fused-ring (bicyclic) bond motifs is 1. The van der Waals surface area contributed by atoms with Gasteiger partial charge in [0.15, 0.2) is 11.4 Å². The predicted octanol–water partition coefficient (Wildman–Crippen LogP) is 4.12. The van der Waals surface area contributed by atoms with Crippen LogP contribution in [-0.2, 0) is 0 Å². The first-order chi connectivity index (χ1) is 10.1. The van der Waals surface area contributed by atoms with Crippen LogP contribution in [0.2, 0.25) is 0 Å². The Labute approximate surface area is 125 Å². The van der Waals surface area contributed by atoms with Crippen molar-refractivity contribution in [3.05, 3.63) is 58.1 Å². The fraction of sp³-hybridized carbons (Fsp3) is 0. The molecule has 106 valence electrons. The zero-order chi connectivity index (χ0) is 15.0. The molecular formula is C14H7BrF2N2O2. The summed E-state index contributed by atoms with van der Waals surface area (Å²) in [6.45, 7) is 0. The number of carbonyl (C=O) groups is 1. The molecule has 0 fully saturated rings. The summed E-state index contributed by atoms with van der Waals surface area (Å²) in [6.07, 6.45) is 0. The van der Waals surface area contributed by atoms with Gasteiger partial charge in [0.1, 0.15) is 17.2 Å². The van der Waals surface area contributed by atoms with Crippen LogP contribution < -0.4 is 5.32 Å². The average molecular weight is 353 g/mol. The molecule has 21 heavy (non-hydrogen) atoms. The first-order valence-corrected chi connectivity index (χ1v) is 6.66. The van der Waals surface area contributed by atoms with Gasteiger partial charge in [-0.1, -0.05) is 27.2 Å². The van der Waals surface area contributed by atoms with Crippen molar-refractivity contribution < 1.29 is 18.1 Å². The van der Waals surface area contributed by atoms with Crippen LogP contribution >= 0.6 is 15.9 Å². The summed E-state index contributed by atoms with van der Waals surface area (Å²) in [4.78, 5) is 12.0. The van der Waals surface area contributed by atoms with Crippen molar-refractivity contribution in [2.75, 3.05) is 5.32 Å². The van der Waals surface area contributed by atoms with Crippen molar-refractivity contribution in [2.45, 2.75) is 0 Å². The number of aromatic nitrogens is 1. The van der Waals surface area contributed by atoms with E-state index in [4.69, 9.17) is 4.52 Å². The lowest BCUT2D eigenvalue weighted by molar-refractivity contribution is 0.101. The van der Waals surface area contributed by atoms with Crippen LogP contribution in [0.15, 0.2) is 45.4 Å². The third kappa shape index (κ3) is 2.52. The molecule has 0 saturated heterocycles. The fourth-order valence-corrected chi connectivity index (χ4v) is 2.25. The summed E-state index contributed by atoms with van der Waals surface area (Å²) in [6, 6.07) is 8.29. The zero-order valence-electron chi connectivity index (χ0n) is 10.4. The third-order valence-electron chi connectivity index (χ3n) is 2.85. The van der Waals surface area contributed by atoms with E-state index in [1.807, 2.05) is 0 Å². The summed E-state index contributed by atoms with van der Waals surface area (Å²) in [7, 11) is 0. The summed E-state index contributed by atoms with van der Waals surface area (Å²) in [5.74, 6) is -2.72. The first-order valence-electron chi connectivity index (χ1n) is 5.86. The summed E-state index contributed by atoms with van der Waals surface area (Å²) < 4.78 is 32.9. The van der Waals surface area contributed by atoms with Gasteiger partial charge in [0.2, 0.25) is 0 Å². The Kier molecular flexibility index (Phi) is 3.42. The molecule has 1 aromatic heterocycles. The molecule has 1 heterocycles. The molecule has 0 aliphatic rings. The molecule has 0 saturated carbocycles. The second-order valence-electron chi connectivity index (χ2n) is 4.22. The highest BCUT2D eigenvalue weighted by Crippen LogP contribution is 2.26. The molecule has 0 radical (unpaired) electrons. The maximum Gasteiger partial charge on any atom is 0.262 e. The Morgan fingerprint density at radius 2 is 1.90 bits per heavy atom. The minimum atomic E-state index is -0.943. The van der Waals surface area contributed by atoms with E-state index in [1.54, 1.807) is 18.2 Å². The van der Waals surface area contributed by atoms with Crippen molar-refractivity contribution in [1.29, 1.82) is 0 Å². The number of amides is 1. The van der Waals surface area contributed by atoms with Crippen molar-refractivity contribution >= 4 is 38.6 Å². The Morgan fingerprint density at radius 3 is 2.62 bits per heavy atom. The van der Waals surface area contributed by atoms with Gasteiger partial charge in [-0.2, -0.15) is 0 Å². The molecule has 3 rings (SSSR count). The highest BCUT2D eigenvalue weighted by atomic mass is 79.9. The van der Waals surface area contributed by atoms with E-state index in [-0.39, 0.29) is 5.82 Å². The Balaban J connectivity index is 1.99. The predicted molar refractivity (Wildman–Crippen MR) is 76.0 cm³/mol. The molecular weight excluding hydrogens is 346 g/mol. The van der Waals surface area contributed by atoms with Gasteiger partial charge in [-0.05, 0) is 30.3 Å². The normalized spacial score (nSPS) is 10.8. The summed E-state index contributed by atoms with van der Waals surface area (Å²) >= 11 is 3.28. The lowest BCUT2D eigenvalue weighted by atomic mass is 10.2. The van der Waals surface area contributed by atoms with Gasteiger partial charge < -0.3 is 9.84 Å². The van der Waals surface area contributed by atoms with Crippen LogP contribution in [0.1, 0.15) is 10.4 Å². The maximum absolute atomic E-state index is 13.6. The standard InChI is InChI=1S/C14H7BrF2N2O2/c15-7-4-5-11-8(6-7)13(19-21-11)18-14(20)12-9(16)2-1-3-10(12)17/h1-6H,(H,18,19,20). The molecule has 7 heteroatoms. The van der Waals surface area contributed by atoms with Gasteiger partial charge in [-0.3, -0.25) is 4.79 Å².